The molecule has 2 bridgehead atoms. The standard InChI is InChI=1S/C8H8BrNO3S/c9-2-1-8(11)10-4-7-3-6(10)5-14(7,12)13/h6-7H,3-5H2. The van der Waals surface area contributed by atoms with Gasteiger partial charge in [0.25, 0.3) is 5.91 Å². The van der Waals surface area contributed by atoms with Crippen LogP contribution in [0.15, 0.2) is 0 Å². The van der Waals surface area contributed by atoms with Crippen LogP contribution in [0.2, 0.25) is 0 Å². The van der Waals surface area contributed by atoms with Crippen molar-refractivity contribution in [3.05, 3.63) is 0 Å². The van der Waals surface area contributed by atoms with Crippen molar-refractivity contribution in [3.8, 4) is 10.8 Å². The van der Waals surface area contributed by atoms with E-state index in [1.165, 1.54) is 0 Å². The maximum Gasteiger partial charge on any atom is 0.299 e. The van der Waals surface area contributed by atoms with Crippen molar-refractivity contribution in [1.29, 1.82) is 0 Å². The van der Waals surface area contributed by atoms with E-state index < -0.39 is 9.84 Å². The van der Waals surface area contributed by atoms with Gasteiger partial charge in [-0.3, -0.25) is 4.79 Å². The summed E-state index contributed by atoms with van der Waals surface area (Å²) in [6.45, 7) is 0.313. The van der Waals surface area contributed by atoms with Crippen LogP contribution >= 0.6 is 15.9 Å². The van der Waals surface area contributed by atoms with Crippen molar-refractivity contribution in [3.63, 3.8) is 0 Å². The van der Waals surface area contributed by atoms with E-state index in [0.29, 0.717) is 13.0 Å². The Kier molecular flexibility index (Phi) is 2.32. The summed E-state index contributed by atoms with van der Waals surface area (Å²) in [4.78, 5) is 15.3. The van der Waals surface area contributed by atoms with Gasteiger partial charge >= 0.3 is 0 Å². The van der Waals surface area contributed by atoms with Gasteiger partial charge in [-0.2, -0.15) is 0 Å². The van der Waals surface area contributed by atoms with Gasteiger partial charge in [-0.05, 0) is 11.3 Å². The van der Waals surface area contributed by atoms with Crippen LogP contribution in [-0.4, -0.2) is 42.8 Å². The van der Waals surface area contributed by atoms with Crippen LogP contribution in [0, 0.1) is 10.8 Å². The summed E-state index contributed by atoms with van der Waals surface area (Å²) in [5.74, 6) is 2.18. The molecule has 14 heavy (non-hydrogen) atoms. The van der Waals surface area contributed by atoms with E-state index in [4.69, 9.17) is 0 Å². The predicted molar refractivity (Wildman–Crippen MR) is 54.4 cm³/mol. The van der Waals surface area contributed by atoms with E-state index in [0.717, 1.165) is 0 Å². The number of carbonyl (C=O) groups excluding carboxylic acids is 1. The molecule has 6 heteroatoms. The molecule has 2 aliphatic rings. The highest BCUT2D eigenvalue weighted by atomic mass is 79.9. The average molecular weight is 278 g/mol. The molecule has 4 nitrogen and oxygen atoms in total. The molecule has 0 N–H and O–H groups in total. The second-order valence-corrected chi connectivity index (χ2v) is 6.24. The molecule has 2 saturated heterocycles. The fourth-order valence-corrected chi connectivity index (χ4v) is 4.25. The quantitative estimate of drug-likeness (QED) is 0.574. The number of amides is 1. The van der Waals surface area contributed by atoms with Crippen LogP contribution in [0.3, 0.4) is 0 Å². The largest absolute Gasteiger partial charge is 0.327 e. The van der Waals surface area contributed by atoms with E-state index in [1.54, 1.807) is 4.90 Å². The first-order valence-corrected chi connectivity index (χ1v) is 6.69. The molecule has 2 rings (SSSR count). The zero-order valence-electron chi connectivity index (χ0n) is 7.23. The number of sulfone groups is 1. The Morgan fingerprint density at radius 1 is 1.50 bits per heavy atom. The molecule has 0 saturated carbocycles. The van der Waals surface area contributed by atoms with Crippen LogP contribution < -0.4 is 0 Å². The number of likely N-dealkylation sites (tertiary alicyclic amines) is 1. The number of carbonyl (C=O) groups is 1. The average Bonchev–Trinajstić information content (AvgIpc) is 2.59. The van der Waals surface area contributed by atoms with Gasteiger partial charge in [0, 0.05) is 34.4 Å². The maximum absolute atomic E-state index is 11.4. The highest BCUT2D eigenvalue weighted by Gasteiger charge is 2.49. The first-order valence-electron chi connectivity index (χ1n) is 4.18. The van der Waals surface area contributed by atoms with E-state index in [1.807, 2.05) is 0 Å². The fourth-order valence-electron chi connectivity index (χ4n) is 2.06. The minimum Gasteiger partial charge on any atom is -0.327 e. The van der Waals surface area contributed by atoms with Crippen molar-refractivity contribution in [2.75, 3.05) is 12.3 Å². The normalized spacial score (nSPS) is 32.5. The first-order chi connectivity index (χ1) is 6.54. The number of hydrogen-bond acceptors (Lipinski definition) is 3. The Hall–Kier alpha value is -0.540. The van der Waals surface area contributed by atoms with E-state index in [9.17, 15) is 13.2 Å². The number of hydrogen-bond donors (Lipinski definition) is 0. The summed E-state index contributed by atoms with van der Waals surface area (Å²) in [6, 6.07) is -0.147. The van der Waals surface area contributed by atoms with Gasteiger partial charge in [0.1, 0.15) is 0 Å². The van der Waals surface area contributed by atoms with Gasteiger partial charge < -0.3 is 4.90 Å². The summed E-state index contributed by atoms with van der Waals surface area (Å²) in [6.07, 6.45) is 0.581. The predicted octanol–water partition coefficient (Wildman–Crippen LogP) is -0.260. The number of rotatable bonds is 0. The molecular formula is C8H8BrNO3S. The Bertz CT molecular complexity index is 433. The van der Waals surface area contributed by atoms with Crippen LogP contribution in [0.4, 0.5) is 0 Å². The molecule has 2 aliphatic heterocycles. The lowest BCUT2D eigenvalue weighted by Gasteiger charge is -2.24. The van der Waals surface area contributed by atoms with Gasteiger partial charge in [0.05, 0.1) is 11.0 Å². The maximum atomic E-state index is 11.4. The summed E-state index contributed by atoms with van der Waals surface area (Å²) >= 11 is 2.85. The molecule has 0 aromatic heterocycles. The second kappa shape index (κ2) is 3.24. The van der Waals surface area contributed by atoms with E-state index in [2.05, 4.69) is 26.7 Å². The van der Waals surface area contributed by atoms with Crippen molar-refractivity contribution in [2.24, 2.45) is 0 Å². The van der Waals surface area contributed by atoms with Crippen molar-refractivity contribution in [2.45, 2.75) is 17.7 Å². The minimum absolute atomic E-state index is 0.105. The monoisotopic (exact) mass is 277 g/mol. The fraction of sp³-hybridized carbons (Fsp3) is 0.625. The number of nitrogens with zero attached hydrogens (tertiary/aromatic N) is 1. The number of halogens is 1. The zero-order chi connectivity index (χ0) is 10.3. The highest BCUT2D eigenvalue weighted by Crippen LogP contribution is 2.32. The Morgan fingerprint density at radius 3 is 2.64 bits per heavy atom. The molecule has 2 unspecified atom stereocenters. The summed E-state index contributed by atoms with van der Waals surface area (Å²) in [5, 5.41) is -0.353. The zero-order valence-corrected chi connectivity index (χ0v) is 9.64. The third kappa shape index (κ3) is 1.44. The van der Waals surface area contributed by atoms with Crippen molar-refractivity contribution in [1.82, 2.24) is 4.90 Å². The Balaban J connectivity index is 2.17. The molecule has 0 aromatic rings. The summed E-state index contributed by atoms with van der Waals surface area (Å²) in [7, 11) is -2.92. The SMILES string of the molecule is O=C(C#CBr)N1CC2CC1CS2(=O)=O. The van der Waals surface area contributed by atoms with Gasteiger partial charge in [0.2, 0.25) is 0 Å². The highest BCUT2D eigenvalue weighted by molar-refractivity contribution is 9.12. The lowest BCUT2D eigenvalue weighted by atomic mass is 10.2. The lowest BCUT2D eigenvalue weighted by molar-refractivity contribution is -0.125. The van der Waals surface area contributed by atoms with Crippen molar-refractivity contribution >= 4 is 31.7 Å². The number of fused-ring (bicyclic) bond motifs is 2. The van der Waals surface area contributed by atoms with Crippen LogP contribution in [0.1, 0.15) is 6.42 Å². The minimum atomic E-state index is -2.92. The molecule has 0 aromatic carbocycles. The Labute approximate surface area is 90.7 Å². The molecule has 0 aliphatic carbocycles. The van der Waals surface area contributed by atoms with E-state index >= 15 is 0 Å². The van der Waals surface area contributed by atoms with E-state index in [-0.39, 0.29) is 23.0 Å². The molecular weight excluding hydrogens is 270 g/mol. The van der Waals surface area contributed by atoms with Gasteiger partial charge in [-0.1, -0.05) is 0 Å². The lowest BCUT2D eigenvalue weighted by Crippen LogP contribution is -2.43. The Morgan fingerprint density at radius 2 is 2.21 bits per heavy atom. The van der Waals surface area contributed by atoms with Gasteiger partial charge in [-0.15, -0.1) is 0 Å². The van der Waals surface area contributed by atoms with Crippen molar-refractivity contribution < 1.29 is 13.2 Å². The first kappa shape index (κ1) is 9.99. The van der Waals surface area contributed by atoms with Gasteiger partial charge in [0.15, 0.2) is 9.84 Å². The van der Waals surface area contributed by atoms with Crippen LogP contribution in [0.25, 0.3) is 0 Å². The molecule has 2 fully saturated rings. The van der Waals surface area contributed by atoms with Gasteiger partial charge in [-0.25, -0.2) is 8.42 Å². The molecule has 0 spiro atoms. The molecule has 2 atom stereocenters. The topological polar surface area (TPSA) is 54.5 Å². The van der Waals surface area contributed by atoms with Crippen LogP contribution in [-0.2, 0) is 14.6 Å². The smallest absolute Gasteiger partial charge is 0.299 e. The third-order valence-electron chi connectivity index (χ3n) is 2.72. The molecule has 1 amide bonds. The molecule has 76 valence electrons. The summed E-state index contributed by atoms with van der Waals surface area (Å²) in [5.41, 5.74) is 0. The summed E-state index contributed by atoms with van der Waals surface area (Å²) < 4.78 is 22.7. The molecule has 2 heterocycles. The second-order valence-electron chi connectivity index (χ2n) is 3.52. The van der Waals surface area contributed by atoms with Crippen LogP contribution in [0.5, 0.6) is 0 Å². The molecule has 0 radical (unpaired) electrons. The third-order valence-corrected chi connectivity index (χ3v) is 5.13.